The number of hydrogen-bond donors (Lipinski definition) is 2. The summed E-state index contributed by atoms with van der Waals surface area (Å²) in [6.07, 6.45) is 2.72. The van der Waals surface area contributed by atoms with E-state index in [0.717, 1.165) is 13.1 Å². The van der Waals surface area contributed by atoms with E-state index >= 15 is 0 Å². The fourth-order valence-corrected chi connectivity index (χ4v) is 0.550. The smallest absolute Gasteiger partial charge is 0.112 e. The molecule has 0 bridgehead atoms. The van der Waals surface area contributed by atoms with Gasteiger partial charge in [-0.1, -0.05) is 0 Å². The van der Waals surface area contributed by atoms with Crippen LogP contribution in [0.1, 0.15) is 0 Å². The Hall–Kier alpha value is -0.900. The van der Waals surface area contributed by atoms with Crippen molar-refractivity contribution < 1.29 is 0 Å². The largest absolute Gasteiger partial charge is 0.390 e. The van der Waals surface area contributed by atoms with Gasteiger partial charge in [-0.25, -0.2) is 4.99 Å². The summed E-state index contributed by atoms with van der Waals surface area (Å²) in [5.74, 6) is 0. The highest BCUT2D eigenvalue weighted by Gasteiger charge is 2.12. The van der Waals surface area contributed by atoms with Gasteiger partial charge in [0.05, 0.1) is 12.4 Å². The van der Waals surface area contributed by atoms with Crippen molar-refractivity contribution in [2.45, 2.75) is 6.04 Å². The summed E-state index contributed by atoms with van der Waals surface area (Å²) >= 11 is 0. The maximum absolute atomic E-state index is 4.98. The Labute approximate surface area is 53.9 Å². The number of nitrogens with zero attached hydrogens (tertiary/aromatic N) is 2. The Bertz CT molecular complexity index is 125. The van der Waals surface area contributed by atoms with E-state index in [-0.39, 0.29) is 0 Å². The summed E-state index contributed by atoms with van der Waals surface area (Å²) in [7, 11) is 0. The van der Waals surface area contributed by atoms with E-state index < -0.39 is 0 Å². The first kappa shape index (κ1) is 6.22. The second kappa shape index (κ2) is 3.19. The highest BCUT2D eigenvalue weighted by atomic mass is 15.1. The number of hydrogen-bond acceptors (Lipinski definition) is 2. The van der Waals surface area contributed by atoms with Gasteiger partial charge in [-0.15, -0.1) is 0 Å². The Morgan fingerprint density at radius 3 is 2.78 bits per heavy atom. The lowest BCUT2D eigenvalue weighted by Crippen LogP contribution is -2.45. The molecule has 1 aliphatic heterocycles. The van der Waals surface area contributed by atoms with E-state index in [0.29, 0.717) is 6.04 Å². The number of nitrogens with one attached hydrogen (secondary N) is 1. The van der Waals surface area contributed by atoms with Gasteiger partial charge in [-0.3, -0.25) is 4.99 Å². The summed E-state index contributed by atoms with van der Waals surface area (Å²) in [5, 5.41) is 3.09. The number of nitrogens with two attached hydrogens (primary N) is 1. The van der Waals surface area contributed by atoms with Crippen molar-refractivity contribution >= 4 is 12.7 Å². The maximum Gasteiger partial charge on any atom is 0.112 e. The summed E-state index contributed by atoms with van der Waals surface area (Å²) in [5.41, 5.74) is 4.98. The fourth-order valence-electron chi connectivity index (χ4n) is 0.550. The van der Waals surface area contributed by atoms with Crippen molar-refractivity contribution in [3.05, 3.63) is 0 Å². The van der Waals surface area contributed by atoms with Gasteiger partial charge in [0.15, 0.2) is 0 Å². The van der Waals surface area contributed by atoms with Crippen LogP contribution in [0.15, 0.2) is 9.98 Å². The van der Waals surface area contributed by atoms with Crippen LogP contribution in [-0.4, -0.2) is 31.8 Å². The molecule has 0 saturated carbocycles. The molecule has 4 nitrogen and oxygen atoms in total. The molecule has 0 spiro atoms. The highest BCUT2D eigenvalue weighted by Crippen LogP contribution is 1.94. The molecule has 4 heteroatoms. The molecule has 1 heterocycles. The normalized spacial score (nSPS) is 21.3. The van der Waals surface area contributed by atoms with E-state index in [1.807, 2.05) is 0 Å². The first-order valence-electron chi connectivity index (χ1n) is 2.89. The summed E-state index contributed by atoms with van der Waals surface area (Å²) in [6, 6.07) is 0.425. The first-order chi connectivity index (χ1) is 4.43. The molecule has 0 unspecified atom stereocenters. The van der Waals surface area contributed by atoms with E-state index in [1.165, 1.54) is 12.7 Å². The van der Waals surface area contributed by atoms with Crippen molar-refractivity contribution in [3.8, 4) is 0 Å². The van der Waals surface area contributed by atoms with Crippen LogP contribution in [-0.2, 0) is 0 Å². The molecule has 1 rings (SSSR count). The lowest BCUT2D eigenvalue weighted by Gasteiger charge is -2.21. The molecule has 9 heavy (non-hydrogen) atoms. The van der Waals surface area contributed by atoms with Crippen molar-refractivity contribution in [1.29, 1.82) is 0 Å². The van der Waals surface area contributed by atoms with Crippen LogP contribution in [0.4, 0.5) is 0 Å². The van der Waals surface area contributed by atoms with E-state index in [4.69, 9.17) is 5.73 Å². The van der Waals surface area contributed by atoms with Crippen molar-refractivity contribution in [3.63, 3.8) is 0 Å². The number of rotatable bonds is 2. The molecule has 0 amide bonds. The molecular weight excluding hydrogens is 116 g/mol. The molecule has 1 saturated heterocycles. The standard InChI is InChI=1S/C5H10N4/c6-3-8-4-9-5-1-7-2-5/h3-5,7H,1-2H2,(H2,6,8,9). The highest BCUT2D eigenvalue weighted by molar-refractivity contribution is 5.69. The van der Waals surface area contributed by atoms with E-state index in [2.05, 4.69) is 15.3 Å². The van der Waals surface area contributed by atoms with Gasteiger partial charge >= 0.3 is 0 Å². The third-order valence-electron chi connectivity index (χ3n) is 1.19. The van der Waals surface area contributed by atoms with Crippen LogP contribution in [0.25, 0.3) is 0 Å². The molecule has 0 aliphatic carbocycles. The molecular formula is C5H10N4. The van der Waals surface area contributed by atoms with Gasteiger partial charge in [0.25, 0.3) is 0 Å². The lowest BCUT2D eigenvalue weighted by molar-refractivity contribution is 0.449. The van der Waals surface area contributed by atoms with Gasteiger partial charge in [-0.05, 0) is 0 Å². The second-order valence-corrected chi connectivity index (χ2v) is 1.87. The Morgan fingerprint density at radius 2 is 2.33 bits per heavy atom. The van der Waals surface area contributed by atoms with Gasteiger partial charge < -0.3 is 11.1 Å². The van der Waals surface area contributed by atoms with E-state index in [1.54, 1.807) is 0 Å². The molecule has 1 aliphatic rings. The number of aliphatic imine (C=N–C) groups is 2. The van der Waals surface area contributed by atoms with E-state index in [9.17, 15) is 0 Å². The van der Waals surface area contributed by atoms with Gasteiger partial charge in [0.2, 0.25) is 0 Å². The van der Waals surface area contributed by atoms with Gasteiger partial charge in [-0.2, -0.15) is 0 Å². The quantitative estimate of drug-likeness (QED) is 0.367. The third kappa shape index (κ3) is 1.81. The minimum atomic E-state index is 0.425. The summed E-state index contributed by atoms with van der Waals surface area (Å²) < 4.78 is 0. The van der Waals surface area contributed by atoms with Crippen LogP contribution in [0, 0.1) is 0 Å². The zero-order valence-electron chi connectivity index (χ0n) is 5.12. The first-order valence-corrected chi connectivity index (χ1v) is 2.89. The molecule has 0 radical (unpaired) electrons. The monoisotopic (exact) mass is 126 g/mol. The molecule has 0 atom stereocenters. The maximum atomic E-state index is 4.98. The molecule has 3 N–H and O–H groups in total. The fraction of sp³-hybridized carbons (Fsp3) is 0.600. The molecule has 0 aromatic heterocycles. The van der Waals surface area contributed by atoms with Gasteiger partial charge in [0, 0.05) is 13.1 Å². The minimum absolute atomic E-state index is 0.425. The van der Waals surface area contributed by atoms with Crippen LogP contribution >= 0.6 is 0 Å². The minimum Gasteiger partial charge on any atom is -0.390 e. The Morgan fingerprint density at radius 1 is 1.56 bits per heavy atom. The second-order valence-electron chi connectivity index (χ2n) is 1.87. The van der Waals surface area contributed by atoms with Crippen molar-refractivity contribution in [1.82, 2.24) is 5.32 Å². The summed E-state index contributed by atoms with van der Waals surface area (Å²) in [6.45, 7) is 1.94. The topological polar surface area (TPSA) is 62.8 Å². The zero-order valence-corrected chi connectivity index (χ0v) is 5.12. The third-order valence-corrected chi connectivity index (χ3v) is 1.19. The lowest BCUT2D eigenvalue weighted by atomic mass is 10.2. The SMILES string of the molecule is NC=NC=NC1CNC1. The zero-order chi connectivity index (χ0) is 6.53. The molecule has 50 valence electrons. The average Bonchev–Trinajstić information content (AvgIpc) is 1.76. The van der Waals surface area contributed by atoms with Crippen molar-refractivity contribution in [2.75, 3.05) is 13.1 Å². The van der Waals surface area contributed by atoms with Crippen LogP contribution in [0.2, 0.25) is 0 Å². The van der Waals surface area contributed by atoms with Crippen LogP contribution in [0.3, 0.4) is 0 Å². The Kier molecular flexibility index (Phi) is 2.21. The van der Waals surface area contributed by atoms with Crippen LogP contribution < -0.4 is 11.1 Å². The average molecular weight is 126 g/mol. The predicted molar refractivity (Wildman–Crippen MR) is 37.8 cm³/mol. The molecule has 0 aromatic carbocycles. The van der Waals surface area contributed by atoms with Crippen LogP contribution in [0.5, 0.6) is 0 Å². The Balaban J connectivity index is 2.14. The van der Waals surface area contributed by atoms with Crippen molar-refractivity contribution in [2.24, 2.45) is 15.7 Å². The molecule has 1 fully saturated rings. The summed E-state index contributed by atoms with van der Waals surface area (Å²) in [4.78, 5) is 7.68. The molecule has 0 aromatic rings. The van der Waals surface area contributed by atoms with Gasteiger partial charge in [0.1, 0.15) is 6.34 Å². The predicted octanol–water partition coefficient (Wildman–Crippen LogP) is -1.03.